The van der Waals surface area contributed by atoms with E-state index in [4.69, 9.17) is 10.8 Å². The third kappa shape index (κ3) is 1.92. The van der Waals surface area contributed by atoms with Crippen molar-refractivity contribution < 1.29 is 9.90 Å². The van der Waals surface area contributed by atoms with E-state index < -0.39 is 5.97 Å². The highest BCUT2D eigenvalue weighted by Crippen LogP contribution is 2.59. The molecule has 0 aromatic rings. The normalized spacial score (nSPS) is 36.9. The Kier molecular flexibility index (Phi) is 2.91. The first-order chi connectivity index (χ1) is 6.33. The molecule has 1 saturated carbocycles. The van der Waals surface area contributed by atoms with Crippen LogP contribution in [0.3, 0.4) is 0 Å². The lowest BCUT2D eigenvalue weighted by molar-refractivity contribution is -0.146. The predicted molar refractivity (Wildman–Crippen MR) is 55.9 cm³/mol. The monoisotopic (exact) mass is 199 g/mol. The van der Waals surface area contributed by atoms with Crippen LogP contribution in [0.2, 0.25) is 0 Å². The molecule has 1 aliphatic carbocycles. The van der Waals surface area contributed by atoms with Crippen LogP contribution in [0, 0.1) is 16.7 Å². The third-order valence-corrected chi connectivity index (χ3v) is 3.91. The van der Waals surface area contributed by atoms with Gasteiger partial charge in [-0.3, -0.25) is 4.79 Å². The summed E-state index contributed by atoms with van der Waals surface area (Å²) in [6.45, 7) is 7.12. The summed E-state index contributed by atoms with van der Waals surface area (Å²) in [4.78, 5) is 10.7. The van der Waals surface area contributed by atoms with Gasteiger partial charge in [0.1, 0.15) is 0 Å². The van der Waals surface area contributed by atoms with Gasteiger partial charge in [-0.2, -0.15) is 0 Å². The molecule has 3 nitrogen and oxygen atoms in total. The van der Waals surface area contributed by atoms with Crippen molar-refractivity contribution >= 4 is 5.97 Å². The first kappa shape index (κ1) is 11.5. The van der Waals surface area contributed by atoms with Crippen molar-refractivity contribution in [2.75, 3.05) is 6.54 Å². The van der Waals surface area contributed by atoms with Gasteiger partial charge < -0.3 is 10.8 Å². The van der Waals surface area contributed by atoms with E-state index in [1.165, 1.54) is 0 Å². The second kappa shape index (κ2) is 3.54. The van der Waals surface area contributed by atoms with E-state index in [1.807, 2.05) is 0 Å². The van der Waals surface area contributed by atoms with Crippen molar-refractivity contribution in [3.05, 3.63) is 0 Å². The lowest BCUT2D eigenvalue weighted by Gasteiger charge is -2.56. The molecule has 0 radical (unpaired) electrons. The number of carboxylic acid groups (broad SMARTS) is 1. The molecule has 0 spiro atoms. The number of aliphatic carboxylic acids is 1. The molecule has 14 heavy (non-hydrogen) atoms. The maximum Gasteiger partial charge on any atom is 0.303 e. The smallest absolute Gasteiger partial charge is 0.303 e. The number of carboxylic acids is 1. The van der Waals surface area contributed by atoms with Crippen LogP contribution in [0.5, 0.6) is 0 Å². The molecular weight excluding hydrogens is 178 g/mol. The van der Waals surface area contributed by atoms with Crippen LogP contribution >= 0.6 is 0 Å². The summed E-state index contributed by atoms with van der Waals surface area (Å²) in [7, 11) is 0. The summed E-state index contributed by atoms with van der Waals surface area (Å²) in [5.74, 6) is -0.114. The Morgan fingerprint density at radius 2 is 2.00 bits per heavy atom. The molecule has 0 aromatic carbocycles. The molecule has 0 unspecified atom stereocenters. The Hall–Kier alpha value is -0.570. The molecular formula is C11H21NO2. The van der Waals surface area contributed by atoms with Gasteiger partial charge in [-0.1, -0.05) is 20.8 Å². The highest BCUT2D eigenvalue weighted by Gasteiger charge is 2.52. The molecule has 0 saturated heterocycles. The average molecular weight is 199 g/mol. The summed E-state index contributed by atoms with van der Waals surface area (Å²) in [5.41, 5.74) is 5.86. The molecule has 82 valence electrons. The second-order valence-electron chi connectivity index (χ2n) is 5.44. The fraction of sp³-hybridized carbons (Fsp3) is 0.909. The van der Waals surface area contributed by atoms with Gasteiger partial charge >= 0.3 is 5.97 Å². The van der Waals surface area contributed by atoms with E-state index in [-0.39, 0.29) is 11.8 Å². The number of hydrogen-bond donors (Lipinski definition) is 2. The Labute approximate surface area is 85.7 Å². The predicted octanol–water partition coefficient (Wildman–Crippen LogP) is 1.86. The molecule has 0 aromatic heterocycles. The largest absolute Gasteiger partial charge is 0.481 e. The fourth-order valence-electron chi connectivity index (χ4n) is 2.73. The van der Waals surface area contributed by atoms with Crippen molar-refractivity contribution in [3.63, 3.8) is 0 Å². The third-order valence-electron chi connectivity index (χ3n) is 3.91. The molecule has 3 N–H and O–H groups in total. The summed E-state index contributed by atoms with van der Waals surface area (Å²) in [5, 5.41) is 8.80. The second-order valence-corrected chi connectivity index (χ2v) is 5.44. The van der Waals surface area contributed by atoms with Crippen LogP contribution in [0.25, 0.3) is 0 Å². The SMILES string of the molecule is CC(C)C1(C)CC(CN)(CC(=O)O)C1. The van der Waals surface area contributed by atoms with Crippen LogP contribution in [-0.4, -0.2) is 17.6 Å². The van der Waals surface area contributed by atoms with E-state index in [1.54, 1.807) is 0 Å². The van der Waals surface area contributed by atoms with E-state index in [0.29, 0.717) is 17.9 Å². The van der Waals surface area contributed by atoms with Crippen molar-refractivity contribution in [1.82, 2.24) is 0 Å². The molecule has 0 atom stereocenters. The molecule has 1 aliphatic rings. The molecule has 0 heterocycles. The van der Waals surface area contributed by atoms with Crippen LogP contribution in [0.15, 0.2) is 0 Å². The van der Waals surface area contributed by atoms with Gasteiger partial charge in [-0.25, -0.2) is 0 Å². The van der Waals surface area contributed by atoms with E-state index >= 15 is 0 Å². The van der Waals surface area contributed by atoms with E-state index in [2.05, 4.69) is 20.8 Å². The molecule has 0 aliphatic heterocycles. The van der Waals surface area contributed by atoms with Crippen LogP contribution in [0.4, 0.5) is 0 Å². The van der Waals surface area contributed by atoms with E-state index in [9.17, 15) is 4.79 Å². The maximum atomic E-state index is 10.7. The van der Waals surface area contributed by atoms with Gasteiger partial charge in [-0.15, -0.1) is 0 Å². The standard InChI is InChI=1S/C11H21NO2/c1-8(2)10(3)5-11(6-10,7-12)4-9(13)14/h8H,4-7,12H2,1-3H3,(H,13,14). The first-order valence-electron chi connectivity index (χ1n) is 5.25. The van der Waals surface area contributed by atoms with Gasteiger partial charge in [-0.05, 0) is 36.1 Å². The zero-order chi connectivity index (χ0) is 11.0. The summed E-state index contributed by atoms with van der Waals surface area (Å²) < 4.78 is 0. The minimum Gasteiger partial charge on any atom is -0.481 e. The van der Waals surface area contributed by atoms with Gasteiger partial charge in [0.2, 0.25) is 0 Å². The van der Waals surface area contributed by atoms with Crippen LogP contribution in [0.1, 0.15) is 40.0 Å². The lowest BCUT2D eigenvalue weighted by Crippen LogP contribution is -2.52. The summed E-state index contributed by atoms with van der Waals surface area (Å²) in [6, 6.07) is 0. The van der Waals surface area contributed by atoms with Crippen molar-refractivity contribution in [3.8, 4) is 0 Å². The van der Waals surface area contributed by atoms with Crippen molar-refractivity contribution in [2.45, 2.75) is 40.0 Å². The number of hydrogen-bond acceptors (Lipinski definition) is 2. The molecule has 0 bridgehead atoms. The Morgan fingerprint density at radius 1 is 1.50 bits per heavy atom. The fourth-order valence-corrected chi connectivity index (χ4v) is 2.73. The lowest BCUT2D eigenvalue weighted by atomic mass is 9.49. The van der Waals surface area contributed by atoms with Crippen LogP contribution in [-0.2, 0) is 4.79 Å². The summed E-state index contributed by atoms with van der Waals surface area (Å²) >= 11 is 0. The molecule has 1 fully saturated rings. The zero-order valence-corrected chi connectivity index (χ0v) is 9.34. The summed E-state index contributed by atoms with van der Waals surface area (Å²) in [6.07, 6.45) is 2.15. The number of rotatable bonds is 4. The number of nitrogens with two attached hydrogens (primary N) is 1. The minimum atomic E-state index is -0.721. The first-order valence-corrected chi connectivity index (χ1v) is 5.25. The highest BCUT2D eigenvalue weighted by molar-refractivity contribution is 5.68. The topological polar surface area (TPSA) is 63.3 Å². The quantitative estimate of drug-likeness (QED) is 0.726. The molecule has 0 amide bonds. The Balaban J connectivity index is 2.60. The molecule has 3 heteroatoms. The average Bonchev–Trinajstić information content (AvgIpc) is 1.99. The molecule has 1 rings (SSSR count). The Bertz CT molecular complexity index is 229. The minimum absolute atomic E-state index is 0.120. The van der Waals surface area contributed by atoms with Gasteiger partial charge in [0.15, 0.2) is 0 Å². The Morgan fingerprint density at radius 3 is 2.29 bits per heavy atom. The van der Waals surface area contributed by atoms with Crippen molar-refractivity contribution in [1.29, 1.82) is 0 Å². The zero-order valence-electron chi connectivity index (χ0n) is 9.34. The van der Waals surface area contributed by atoms with Gasteiger partial charge in [0.05, 0.1) is 6.42 Å². The van der Waals surface area contributed by atoms with Gasteiger partial charge in [0.25, 0.3) is 0 Å². The van der Waals surface area contributed by atoms with Crippen LogP contribution < -0.4 is 5.73 Å². The van der Waals surface area contributed by atoms with Gasteiger partial charge in [0, 0.05) is 0 Å². The highest BCUT2D eigenvalue weighted by atomic mass is 16.4. The number of carbonyl (C=O) groups is 1. The maximum absolute atomic E-state index is 10.7. The van der Waals surface area contributed by atoms with E-state index in [0.717, 1.165) is 12.8 Å². The van der Waals surface area contributed by atoms with Crippen molar-refractivity contribution in [2.24, 2.45) is 22.5 Å².